The van der Waals surface area contributed by atoms with Crippen molar-refractivity contribution in [3.63, 3.8) is 0 Å². The third-order valence-corrected chi connectivity index (χ3v) is 8.05. The lowest BCUT2D eigenvalue weighted by molar-refractivity contribution is -0.119. The van der Waals surface area contributed by atoms with Gasteiger partial charge in [-0.2, -0.15) is 5.26 Å². The minimum Gasteiger partial charge on any atom is -0.325 e. The quantitative estimate of drug-likeness (QED) is 0.245. The number of nitrogens with one attached hydrogen (secondary N) is 1. The molecule has 0 aliphatic carbocycles. The highest BCUT2D eigenvalue weighted by molar-refractivity contribution is 6.31. The van der Waals surface area contributed by atoms with E-state index in [1.165, 1.54) is 40.0 Å². The fraction of sp³-hybridized carbons (Fsp3) is 0.219. The van der Waals surface area contributed by atoms with E-state index in [9.17, 15) is 23.6 Å². The summed E-state index contributed by atoms with van der Waals surface area (Å²) in [4.78, 5) is 36.0. The Morgan fingerprint density at radius 2 is 1.89 bits per heavy atom. The monoisotopic (exact) mass is 626 g/mol. The Bertz CT molecular complexity index is 2020. The number of carbonyl (C=O) groups is 1. The Labute approximate surface area is 261 Å². The predicted octanol–water partition coefficient (Wildman–Crippen LogP) is 6.36. The van der Waals surface area contributed by atoms with Gasteiger partial charge in [0.2, 0.25) is 5.91 Å². The van der Waals surface area contributed by atoms with Crippen molar-refractivity contribution in [3.8, 4) is 34.1 Å². The van der Waals surface area contributed by atoms with E-state index in [0.717, 1.165) is 0 Å². The highest BCUT2D eigenvalue weighted by atomic mass is 35.5. The maximum atomic E-state index is 13.7. The van der Waals surface area contributed by atoms with Gasteiger partial charge in [0.1, 0.15) is 6.07 Å². The van der Waals surface area contributed by atoms with Crippen LogP contribution in [0.5, 0.6) is 0 Å². The van der Waals surface area contributed by atoms with Gasteiger partial charge in [-0.05, 0) is 54.8 Å². The average molecular weight is 627 g/mol. The van der Waals surface area contributed by atoms with E-state index in [1.807, 2.05) is 6.07 Å². The topological polar surface area (TPSA) is 131 Å². The second kappa shape index (κ2) is 12.4. The number of benzene rings is 2. The van der Waals surface area contributed by atoms with Crippen LogP contribution in [0, 0.1) is 17.2 Å². The van der Waals surface area contributed by atoms with Gasteiger partial charge in [-0.3, -0.25) is 19.1 Å². The maximum Gasteiger partial charge on any atom is 0.263 e. The first-order valence-corrected chi connectivity index (χ1v) is 14.5. The van der Waals surface area contributed by atoms with Crippen molar-refractivity contribution >= 4 is 23.2 Å². The lowest BCUT2D eigenvalue weighted by atomic mass is 9.95. The molecule has 0 spiro atoms. The van der Waals surface area contributed by atoms with Crippen LogP contribution >= 0.6 is 11.6 Å². The number of nitriles is 1. The minimum absolute atomic E-state index is 0.125. The first-order chi connectivity index (χ1) is 21.7. The molecule has 10 nitrogen and oxygen atoms in total. The van der Waals surface area contributed by atoms with E-state index in [0.29, 0.717) is 58.1 Å². The number of rotatable bonds is 4. The van der Waals surface area contributed by atoms with Crippen LogP contribution in [0.25, 0.3) is 28.1 Å². The molecular formula is C32H25ClF2N8O2. The number of halogens is 3. The molecule has 4 heterocycles. The summed E-state index contributed by atoms with van der Waals surface area (Å²) in [6.07, 6.45) is 3.39. The molecule has 6 rings (SSSR count). The molecule has 0 saturated carbocycles. The van der Waals surface area contributed by atoms with Crippen LogP contribution < -0.4 is 10.9 Å². The van der Waals surface area contributed by atoms with E-state index in [2.05, 4.69) is 25.6 Å². The normalized spacial score (nSPS) is 16.7. The summed E-state index contributed by atoms with van der Waals surface area (Å²) < 4.78 is 30.0. The van der Waals surface area contributed by atoms with Gasteiger partial charge in [-0.15, -0.1) is 5.10 Å². The Kier molecular flexibility index (Phi) is 8.19. The van der Waals surface area contributed by atoms with Crippen molar-refractivity contribution in [1.29, 1.82) is 5.26 Å². The minimum atomic E-state index is -2.69. The molecule has 2 aromatic carbocycles. The lowest BCUT2D eigenvalue weighted by Gasteiger charge is -2.23. The SMILES string of the molecule is C[C@@H]1CCC[C@H](n2cnc(-c3cc(Cl)ccc3-n3cc(C#N)nn3)cc2=O)c2cc(ccn2)-c2ccc(C(F)F)cc2NC1=O. The fourth-order valence-electron chi connectivity index (χ4n) is 5.42. The molecule has 0 saturated heterocycles. The second-order valence-electron chi connectivity index (χ2n) is 10.8. The molecule has 0 radical (unpaired) electrons. The van der Waals surface area contributed by atoms with Gasteiger partial charge in [0.25, 0.3) is 12.0 Å². The van der Waals surface area contributed by atoms with Crippen molar-refractivity contribution in [2.45, 2.75) is 38.7 Å². The predicted molar refractivity (Wildman–Crippen MR) is 163 cm³/mol. The van der Waals surface area contributed by atoms with E-state index < -0.39 is 18.4 Å². The molecule has 0 fully saturated rings. The zero-order valence-corrected chi connectivity index (χ0v) is 24.6. The first-order valence-electron chi connectivity index (χ1n) is 14.1. The Hall–Kier alpha value is -5.28. The van der Waals surface area contributed by atoms with Crippen LogP contribution in [0.4, 0.5) is 14.5 Å². The fourth-order valence-corrected chi connectivity index (χ4v) is 5.59. The summed E-state index contributed by atoms with van der Waals surface area (Å²) in [6.45, 7) is 1.78. The van der Waals surface area contributed by atoms with Gasteiger partial charge in [-0.25, -0.2) is 18.4 Å². The van der Waals surface area contributed by atoms with E-state index in [4.69, 9.17) is 11.6 Å². The van der Waals surface area contributed by atoms with Crippen molar-refractivity contribution in [2.24, 2.45) is 5.92 Å². The largest absolute Gasteiger partial charge is 0.325 e. The number of nitrogens with zero attached hydrogens (tertiary/aromatic N) is 7. The molecular weight excluding hydrogens is 602 g/mol. The number of anilines is 1. The second-order valence-corrected chi connectivity index (χ2v) is 11.2. The van der Waals surface area contributed by atoms with Crippen LogP contribution in [-0.2, 0) is 4.79 Å². The summed E-state index contributed by atoms with van der Waals surface area (Å²) in [7, 11) is 0. The molecule has 2 bridgehead atoms. The standard InChI is InChI=1S/C32H25ClF2N8O2/c1-18-3-2-4-29(27-11-19(9-10-37-27)23-7-5-20(31(34)35)12-26(23)39-32(18)45)42-17-38-25(14-30(42)44)24-13-21(33)6-8-28(24)43-16-22(15-36)40-41-43/h5-14,16-18,29,31H,2-4H2,1H3,(H,39,45)/t18-,29+/m1/s1. The molecule has 1 amide bonds. The van der Waals surface area contributed by atoms with Crippen LogP contribution in [-0.4, -0.2) is 35.4 Å². The number of amides is 1. The molecule has 0 unspecified atom stereocenters. The van der Waals surface area contributed by atoms with Crippen molar-refractivity contribution in [2.75, 3.05) is 5.32 Å². The highest BCUT2D eigenvalue weighted by Gasteiger charge is 2.24. The van der Waals surface area contributed by atoms with Gasteiger partial charge >= 0.3 is 0 Å². The smallest absolute Gasteiger partial charge is 0.263 e. The summed E-state index contributed by atoms with van der Waals surface area (Å²) >= 11 is 6.30. The molecule has 1 N–H and O–H groups in total. The van der Waals surface area contributed by atoms with Gasteiger partial charge in [0, 0.05) is 45.6 Å². The average Bonchev–Trinajstić information content (AvgIpc) is 3.52. The number of alkyl halides is 2. The number of fused-ring (bicyclic) bond motifs is 4. The summed E-state index contributed by atoms with van der Waals surface area (Å²) in [5.74, 6) is -0.680. The van der Waals surface area contributed by atoms with Crippen molar-refractivity contribution in [1.82, 2.24) is 29.5 Å². The van der Waals surface area contributed by atoms with E-state index in [-0.39, 0.29) is 28.4 Å². The molecule has 226 valence electrons. The van der Waals surface area contributed by atoms with Gasteiger partial charge in [0.05, 0.1) is 35.6 Å². The molecule has 3 aromatic heterocycles. The molecule has 2 atom stereocenters. The van der Waals surface area contributed by atoms with Crippen molar-refractivity contribution in [3.05, 3.63) is 106 Å². The van der Waals surface area contributed by atoms with E-state index in [1.54, 1.807) is 49.5 Å². The van der Waals surface area contributed by atoms with Crippen LogP contribution in [0.2, 0.25) is 5.02 Å². The number of aromatic nitrogens is 6. The Balaban J connectivity index is 1.43. The Morgan fingerprint density at radius 1 is 1.04 bits per heavy atom. The lowest BCUT2D eigenvalue weighted by Crippen LogP contribution is -2.27. The van der Waals surface area contributed by atoms with Crippen LogP contribution in [0.1, 0.15) is 55.6 Å². The zero-order chi connectivity index (χ0) is 31.7. The number of pyridine rings is 1. The first kappa shape index (κ1) is 29.8. The molecule has 1 aliphatic rings. The number of carbonyl (C=O) groups excluding carboxylic acids is 1. The number of hydrogen-bond acceptors (Lipinski definition) is 7. The third kappa shape index (κ3) is 6.07. The molecule has 45 heavy (non-hydrogen) atoms. The van der Waals surface area contributed by atoms with Gasteiger partial charge in [-0.1, -0.05) is 42.3 Å². The molecule has 13 heteroatoms. The maximum absolute atomic E-state index is 13.7. The third-order valence-electron chi connectivity index (χ3n) is 7.81. The summed E-state index contributed by atoms with van der Waals surface area (Å²) in [5.41, 5.74) is 3.04. The zero-order valence-electron chi connectivity index (χ0n) is 23.9. The summed E-state index contributed by atoms with van der Waals surface area (Å²) in [6, 6.07) is 15.5. The highest BCUT2D eigenvalue weighted by Crippen LogP contribution is 2.35. The number of hydrogen-bond donors (Lipinski definition) is 1. The summed E-state index contributed by atoms with van der Waals surface area (Å²) in [5, 5.41) is 20.3. The molecule has 5 aromatic rings. The molecule has 1 aliphatic heterocycles. The van der Waals surface area contributed by atoms with Gasteiger partial charge in [0.15, 0.2) is 5.69 Å². The van der Waals surface area contributed by atoms with Crippen molar-refractivity contribution < 1.29 is 13.6 Å². The van der Waals surface area contributed by atoms with Crippen LogP contribution in [0.3, 0.4) is 0 Å². The van der Waals surface area contributed by atoms with Crippen LogP contribution in [0.15, 0.2) is 78.1 Å². The Morgan fingerprint density at radius 3 is 2.64 bits per heavy atom. The van der Waals surface area contributed by atoms with E-state index >= 15 is 0 Å². The van der Waals surface area contributed by atoms with Gasteiger partial charge < -0.3 is 5.32 Å².